The predicted octanol–water partition coefficient (Wildman–Crippen LogP) is 1.33. The van der Waals surface area contributed by atoms with Gasteiger partial charge in [0.15, 0.2) is 5.65 Å². The van der Waals surface area contributed by atoms with Gasteiger partial charge in [0.05, 0.1) is 6.20 Å². The van der Waals surface area contributed by atoms with Crippen molar-refractivity contribution < 1.29 is 5.11 Å². The van der Waals surface area contributed by atoms with Crippen molar-refractivity contribution in [3.8, 4) is 11.1 Å². The SMILES string of the molecule is CN1CCNc2ccn3ncc(c3n2)-c2cccc(c2)C(O)NCC1. The van der Waals surface area contributed by atoms with Crippen LogP contribution in [0.2, 0.25) is 0 Å². The Hall–Kier alpha value is -2.48. The summed E-state index contributed by atoms with van der Waals surface area (Å²) >= 11 is 0. The normalized spacial score (nSPS) is 19.4. The van der Waals surface area contributed by atoms with E-state index in [-0.39, 0.29) is 0 Å². The smallest absolute Gasteiger partial charge is 0.165 e. The van der Waals surface area contributed by atoms with Crippen LogP contribution in [0.15, 0.2) is 42.7 Å². The van der Waals surface area contributed by atoms with Crippen LogP contribution in [0.1, 0.15) is 11.8 Å². The van der Waals surface area contributed by atoms with Gasteiger partial charge in [-0.2, -0.15) is 5.10 Å². The highest BCUT2D eigenvalue weighted by molar-refractivity contribution is 5.78. The fourth-order valence-corrected chi connectivity index (χ4v) is 3.04. The number of benzene rings is 1. The minimum Gasteiger partial charge on any atom is -0.374 e. The van der Waals surface area contributed by atoms with Crippen molar-refractivity contribution in [3.63, 3.8) is 0 Å². The van der Waals surface area contributed by atoms with E-state index in [4.69, 9.17) is 4.98 Å². The minimum atomic E-state index is -0.693. The van der Waals surface area contributed by atoms with Gasteiger partial charge in [0.25, 0.3) is 0 Å². The van der Waals surface area contributed by atoms with Gasteiger partial charge in [0.1, 0.15) is 12.0 Å². The summed E-state index contributed by atoms with van der Waals surface area (Å²) in [5, 5.41) is 21.4. The lowest BCUT2D eigenvalue weighted by molar-refractivity contribution is 0.135. The van der Waals surface area contributed by atoms with E-state index in [2.05, 4.69) is 27.7 Å². The third kappa shape index (κ3) is 3.34. The number of nitrogens with zero attached hydrogens (tertiary/aromatic N) is 4. The Morgan fingerprint density at radius 2 is 2.08 bits per heavy atom. The van der Waals surface area contributed by atoms with Crippen molar-refractivity contribution >= 4 is 11.5 Å². The molecule has 1 atom stereocenters. The summed E-state index contributed by atoms with van der Waals surface area (Å²) in [6.45, 7) is 3.27. The zero-order valence-electron chi connectivity index (χ0n) is 14.2. The third-order valence-electron chi connectivity index (χ3n) is 4.51. The van der Waals surface area contributed by atoms with Crippen molar-refractivity contribution in [2.75, 3.05) is 38.5 Å². The van der Waals surface area contributed by atoms with Gasteiger partial charge < -0.3 is 15.3 Å². The fraction of sp³-hybridized carbons (Fsp3) is 0.333. The zero-order valence-corrected chi connectivity index (χ0v) is 14.2. The first kappa shape index (κ1) is 16.0. The number of rotatable bonds is 0. The second kappa shape index (κ2) is 6.79. The number of hydrogen-bond donors (Lipinski definition) is 3. The summed E-state index contributed by atoms with van der Waals surface area (Å²) in [7, 11) is 2.07. The Bertz CT molecular complexity index is 877. The van der Waals surface area contributed by atoms with E-state index in [9.17, 15) is 5.11 Å². The lowest BCUT2D eigenvalue weighted by atomic mass is 10.0. The van der Waals surface area contributed by atoms with Crippen LogP contribution in [0.3, 0.4) is 0 Å². The number of aliphatic hydroxyl groups is 1. The second-order valence-corrected chi connectivity index (χ2v) is 6.35. The molecule has 0 radical (unpaired) electrons. The summed E-state index contributed by atoms with van der Waals surface area (Å²) < 4.78 is 1.77. The first-order valence-electron chi connectivity index (χ1n) is 8.49. The third-order valence-corrected chi connectivity index (χ3v) is 4.51. The summed E-state index contributed by atoms with van der Waals surface area (Å²) in [6.07, 6.45) is 3.04. The standard InChI is InChI=1S/C18H22N6O/c1-23-9-6-19-16-5-8-24-17(22-16)15(12-21-24)13-3-2-4-14(11-13)18(25)20-7-10-23/h2-5,8,11-12,18,20,25H,6-7,9-10H2,1H3,(H,19,22). The van der Waals surface area contributed by atoms with Crippen molar-refractivity contribution in [1.82, 2.24) is 24.8 Å². The van der Waals surface area contributed by atoms with Crippen LogP contribution in [0.5, 0.6) is 0 Å². The average molecular weight is 338 g/mol. The molecule has 1 aliphatic rings. The molecule has 3 heterocycles. The van der Waals surface area contributed by atoms with Crippen LogP contribution >= 0.6 is 0 Å². The van der Waals surface area contributed by atoms with Crippen LogP contribution in [0.4, 0.5) is 5.82 Å². The number of fused-ring (bicyclic) bond motifs is 4. The molecule has 2 aromatic heterocycles. The first-order valence-corrected chi connectivity index (χ1v) is 8.49. The summed E-state index contributed by atoms with van der Waals surface area (Å²) in [5.41, 5.74) is 3.58. The van der Waals surface area contributed by atoms with Gasteiger partial charge in [-0.15, -0.1) is 0 Å². The van der Waals surface area contributed by atoms with E-state index in [1.54, 1.807) is 4.52 Å². The summed E-state index contributed by atoms with van der Waals surface area (Å²) in [5.74, 6) is 0.840. The Kier molecular flexibility index (Phi) is 4.35. The van der Waals surface area contributed by atoms with Gasteiger partial charge in [-0.25, -0.2) is 9.50 Å². The minimum absolute atomic E-state index is 0.693. The van der Waals surface area contributed by atoms with Gasteiger partial charge in [-0.3, -0.25) is 5.32 Å². The average Bonchev–Trinajstić information content (AvgIpc) is 3.04. The summed E-state index contributed by atoms with van der Waals surface area (Å²) in [6, 6.07) is 9.81. The lowest BCUT2D eigenvalue weighted by Gasteiger charge is -2.19. The molecule has 0 saturated heterocycles. The molecule has 0 saturated carbocycles. The lowest BCUT2D eigenvalue weighted by Crippen LogP contribution is -2.34. The molecule has 0 fully saturated rings. The molecular formula is C18H22N6O. The molecule has 0 aliphatic carbocycles. The molecule has 25 heavy (non-hydrogen) atoms. The van der Waals surface area contributed by atoms with Crippen molar-refractivity contribution in [2.24, 2.45) is 0 Å². The van der Waals surface area contributed by atoms with Crippen LogP contribution in [-0.2, 0) is 0 Å². The number of nitrogens with one attached hydrogen (secondary N) is 2. The Morgan fingerprint density at radius 1 is 1.20 bits per heavy atom. The maximum absolute atomic E-state index is 10.4. The maximum atomic E-state index is 10.4. The van der Waals surface area contributed by atoms with E-state index in [0.29, 0.717) is 6.54 Å². The van der Waals surface area contributed by atoms with Gasteiger partial charge in [-0.1, -0.05) is 18.2 Å². The van der Waals surface area contributed by atoms with Gasteiger partial charge in [0, 0.05) is 37.9 Å². The molecule has 4 rings (SSSR count). The molecule has 0 spiro atoms. The topological polar surface area (TPSA) is 77.7 Å². The van der Waals surface area contributed by atoms with Crippen LogP contribution in [0.25, 0.3) is 16.8 Å². The molecule has 0 amide bonds. The van der Waals surface area contributed by atoms with Crippen molar-refractivity contribution in [3.05, 3.63) is 48.3 Å². The van der Waals surface area contributed by atoms with Crippen molar-refractivity contribution in [1.29, 1.82) is 0 Å². The fourth-order valence-electron chi connectivity index (χ4n) is 3.04. The predicted molar refractivity (Wildman–Crippen MR) is 97.4 cm³/mol. The van der Waals surface area contributed by atoms with E-state index in [1.165, 1.54) is 0 Å². The Morgan fingerprint density at radius 3 is 3.00 bits per heavy atom. The quantitative estimate of drug-likeness (QED) is 0.574. The molecule has 3 N–H and O–H groups in total. The van der Waals surface area contributed by atoms with E-state index in [1.807, 2.05) is 42.7 Å². The number of hydrogen-bond acceptors (Lipinski definition) is 6. The molecule has 7 heteroatoms. The molecule has 4 bridgehead atoms. The maximum Gasteiger partial charge on any atom is 0.165 e. The highest BCUT2D eigenvalue weighted by Gasteiger charge is 2.13. The molecule has 3 aromatic rings. The monoisotopic (exact) mass is 338 g/mol. The van der Waals surface area contributed by atoms with Gasteiger partial charge in [0.2, 0.25) is 0 Å². The number of aliphatic hydroxyl groups excluding tert-OH is 1. The van der Waals surface area contributed by atoms with Crippen LogP contribution in [0, 0.1) is 0 Å². The molecule has 7 nitrogen and oxygen atoms in total. The van der Waals surface area contributed by atoms with Crippen molar-refractivity contribution in [2.45, 2.75) is 6.23 Å². The second-order valence-electron chi connectivity index (χ2n) is 6.35. The summed E-state index contributed by atoms with van der Waals surface area (Å²) in [4.78, 5) is 6.93. The largest absolute Gasteiger partial charge is 0.374 e. The molecule has 1 aliphatic heterocycles. The number of anilines is 1. The highest BCUT2D eigenvalue weighted by atomic mass is 16.3. The molecular weight excluding hydrogens is 316 g/mol. The van der Waals surface area contributed by atoms with E-state index >= 15 is 0 Å². The van der Waals surface area contributed by atoms with Crippen LogP contribution < -0.4 is 10.6 Å². The number of likely N-dealkylation sites (N-methyl/N-ethyl adjacent to an activating group) is 1. The zero-order chi connectivity index (χ0) is 17.2. The molecule has 1 aromatic carbocycles. The van der Waals surface area contributed by atoms with Gasteiger partial charge in [-0.05, 0) is 30.3 Å². The van der Waals surface area contributed by atoms with E-state index in [0.717, 1.165) is 47.8 Å². The highest BCUT2D eigenvalue weighted by Crippen LogP contribution is 2.26. The Balaban J connectivity index is 1.79. The first-order chi connectivity index (χ1) is 12.2. The van der Waals surface area contributed by atoms with E-state index < -0.39 is 6.23 Å². The Labute approximate surface area is 146 Å². The molecule has 1 unspecified atom stereocenters. The van der Waals surface area contributed by atoms with Gasteiger partial charge >= 0.3 is 0 Å². The molecule has 130 valence electrons. The number of aromatic nitrogens is 3. The van der Waals surface area contributed by atoms with Crippen LogP contribution in [-0.4, -0.2) is 57.8 Å².